The number of aromatic nitrogens is 3. The van der Waals surface area contributed by atoms with Crippen LogP contribution in [0.2, 0.25) is 0 Å². The largest absolute Gasteiger partial charge is 0.379 e. The van der Waals surface area contributed by atoms with Gasteiger partial charge in [0.15, 0.2) is 5.13 Å². The van der Waals surface area contributed by atoms with Crippen LogP contribution in [0.1, 0.15) is 21.9 Å². The number of H-pyrrole nitrogens is 1. The molecule has 174 valence electrons. The van der Waals surface area contributed by atoms with Crippen LogP contribution in [0.15, 0.2) is 53.9 Å². The van der Waals surface area contributed by atoms with Crippen molar-refractivity contribution in [3.05, 3.63) is 71.0 Å². The predicted octanol–water partition coefficient (Wildman–Crippen LogP) is 3.29. The fourth-order valence-corrected chi connectivity index (χ4v) is 4.47. The van der Waals surface area contributed by atoms with Gasteiger partial charge in [-0.05, 0) is 30.3 Å². The van der Waals surface area contributed by atoms with Crippen molar-refractivity contribution in [2.75, 3.05) is 36.9 Å². The monoisotopic (exact) mass is 476 g/mol. The second kappa shape index (κ2) is 10.1. The number of aromatic amines is 1. The van der Waals surface area contributed by atoms with E-state index in [1.807, 2.05) is 24.3 Å². The number of ether oxygens (including phenoxy) is 1. The molecule has 1 aliphatic heterocycles. The third-order valence-electron chi connectivity index (χ3n) is 5.44. The number of hydrogen-bond donors (Lipinski definition) is 3. The summed E-state index contributed by atoms with van der Waals surface area (Å²) in [6.07, 6.45) is 0.112. The Morgan fingerprint density at radius 3 is 2.71 bits per heavy atom. The van der Waals surface area contributed by atoms with Crippen molar-refractivity contribution >= 4 is 45.0 Å². The number of fused-ring (bicyclic) bond motifs is 1. The molecular formula is C24H24N6O3S. The lowest BCUT2D eigenvalue weighted by Gasteiger charge is -2.25. The number of nitrogens with zero attached hydrogens (tertiary/aromatic N) is 3. The van der Waals surface area contributed by atoms with Crippen molar-refractivity contribution in [1.29, 1.82) is 0 Å². The summed E-state index contributed by atoms with van der Waals surface area (Å²) in [6.45, 7) is 4.03. The van der Waals surface area contributed by atoms with Crippen molar-refractivity contribution in [2.45, 2.75) is 13.0 Å². The maximum Gasteiger partial charge on any atom is 0.257 e. The molecule has 1 aliphatic rings. The molecule has 2 aromatic carbocycles. The third kappa shape index (κ3) is 5.48. The van der Waals surface area contributed by atoms with Crippen LogP contribution < -0.4 is 10.6 Å². The molecule has 2 aromatic heterocycles. The summed E-state index contributed by atoms with van der Waals surface area (Å²) in [5.41, 5.74) is 3.58. The maximum atomic E-state index is 12.6. The van der Waals surface area contributed by atoms with E-state index in [1.54, 1.807) is 29.6 Å². The molecule has 0 spiro atoms. The summed E-state index contributed by atoms with van der Waals surface area (Å²) < 4.78 is 5.39. The topological polar surface area (TPSA) is 112 Å². The van der Waals surface area contributed by atoms with Gasteiger partial charge in [-0.3, -0.25) is 19.8 Å². The number of imidazole rings is 1. The summed E-state index contributed by atoms with van der Waals surface area (Å²) in [6, 6.07) is 14.5. The highest BCUT2D eigenvalue weighted by Crippen LogP contribution is 2.20. The Morgan fingerprint density at radius 1 is 1.06 bits per heavy atom. The Labute approximate surface area is 200 Å². The number of carbonyl (C=O) groups excluding carboxylic acids is 2. The van der Waals surface area contributed by atoms with Crippen molar-refractivity contribution in [1.82, 2.24) is 19.9 Å². The normalized spacial score (nSPS) is 14.2. The number of nitrogens with one attached hydrogen (secondary N) is 3. The van der Waals surface area contributed by atoms with Gasteiger partial charge >= 0.3 is 0 Å². The molecule has 0 atom stereocenters. The highest BCUT2D eigenvalue weighted by atomic mass is 32.1. The molecule has 10 heteroatoms. The number of hydrogen-bond acceptors (Lipinski definition) is 7. The van der Waals surface area contributed by atoms with E-state index in [9.17, 15) is 9.59 Å². The summed E-state index contributed by atoms with van der Waals surface area (Å²) in [4.78, 5) is 39.5. The van der Waals surface area contributed by atoms with Crippen molar-refractivity contribution in [2.24, 2.45) is 0 Å². The molecule has 4 aromatic rings. The molecule has 34 heavy (non-hydrogen) atoms. The van der Waals surface area contributed by atoms with Crippen LogP contribution in [0, 0.1) is 0 Å². The van der Waals surface area contributed by atoms with E-state index in [4.69, 9.17) is 4.74 Å². The number of thiazole rings is 1. The maximum absolute atomic E-state index is 12.6. The second-order valence-electron chi connectivity index (χ2n) is 7.99. The Kier molecular flexibility index (Phi) is 6.61. The molecule has 9 nitrogen and oxygen atoms in total. The lowest BCUT2D eigenvalue weighted by Crippen LogP contribution is -2.35. The Balaban J connectivity index is 1.17. The van der Waals surface area contributed by atoms with Crippen LogP contribution in [0.3, 0.4) is 0 Å². The Hall–Kier alpha value is -3.60. The minimum Gasteiger partial charge on any atom is -0.379 e. The van der Waals surface area contributed by atoms with Gasteiger partial charge in [-0.15, -0.1) is 11.3 Å². The average molecular weight is 477 g/mol. The van der Waals surface area contributed by atoms with Gasteiger partial charge in [-0.25, -0.2) is 9.97 Å². The molecule has 0 bridgehead atoms. The van der Waals surface area contributed by atoms with E-state index in [1.165, 1.54) is 11.3 Å². The van der Waals surface area contributed by atoms with E-state index < -0.39 is 0 Å². The van der Waals surface area contributed by atoms with Crippen molar-refractivity contribution in [3.8, 4) is 0 Å². The lowest BCUT2D eigenvalue weighted by atomic mass is 10.2. The van der Waals surface area contributed by atoms with Gasteiger partial charge in [0, 0.05) is 29.7 Å². The molecular weight excluding hydrogens is 452 g/mol. The van der Waals surface area contributed by atoms with Crippen LogP contribution >= 0.6 is 11.3 Å². The highest BCUT2D eigenvalue weighted by molar-refractivity contribution is 7.14. The number of morpholine rings is 1. The SMILES string of the molecule is O=C(Cc1csc(NC(=O)c2ccccc2)n1)Nc1ccc2nc(CN3CCOCC3)[nH]c2c1. The zero-order chi connectivity index (χ0) is 23.3. The molecule has 0 saturated carbocycles. The first-order chi connectivity index (χ1) is 16.6. The Bertz CT molecular complexity index is 1300. The summed E-state index contributed by atoms with van der Waals surface area (Å²) >= 11 is 1.29. The van der Waals surface area contributed by atoms with E-state index >= 15 is 0 Å². The molecule has 5 rings (SSSR count). The number of amides is 2. The molecule has 1 fully saturated rings. The van der Waals surface area contributed by atoms with Crippen LogP contribution in [-0.4, -0.2) is 58.0 Å². The van der Waals surface area contributed by atoms with Gasteiger partial charge in [0.05, 0.1) is 42.9 Å². The predicted molar refractivity (Wildman–Crippen MR) is 131 cm³/mol. The first-order valence-corrected chi connectivity index (χ1v) is 11.9. The molecule has 3 heterocycles. The van der Waals surface area contributed by atoms with Gasteiger partial charge in [0.25, 0.3) is 5.91 Å². The molecule has 3 N–H and O–H groups in total. The van der Waals surface area contributed by atoms with E-state index in [0.29, 0.717) is 22.1 Å². The van der Waals surface area contributed by atoms with Gasteiger partial charge in [0.1, 0.15) is 5.82 Å². The fraction of sp³-hybridized carbons (Fsp3) is 0.250. The van der Waals surface area contributed by atoms with Crippen molar-refractivity contribution < 1.29 is 14.3 Å². The smallest absolute Gasteiger partial charge is 0.257 e. The van der Waals surface area contributed by atoms with Gasteiger partial charge in [-0.2, -0.15) is 0 Å². The van der Waals surface area contributed by atoms with Gasteiger partial charge in [0.2, 0.25) is 5.91 Å². The summed E-state index contributed by atoms with van der Waals surface area (Å²) in [5.74, 6) is 0.485. The van der Waals surface area contributed by atoms with Crippen LogP contribution in [0.4, 0.5) is 10.8 Å². The minimum absolute atomic E-state index is 0.112. The average Bonchev–Trinajstić information content (AvgIpc) is 3.45. The number of anilines is 2. The quantitative estimate of drug-likeness (QED) is 0.377. The second-order valence-corrected chi connectivity index (χ2v) is 8.85. The van der Waals surface area contributed by atoms with E-state index in [0.717, 1.165) is 49.7 Å². The lowest BCUT2D eigenvalue weighted by molar-refractivity contribution is -0.115. The third-order valence-corrected chi connectivity index (χ3v) is 6.25. The summed E-state index contributed by atoms with van der Waals surface area (Å²) in [5, 5.41) is 7.92. The van der Waals surface area contributed by atoms with Crippen LogP contribution in [0.25, 0.3) is 11.0 Å². The zero-order valence-corrected chi connectivity index (χ0v) is 19.2. The van der Waals surface area contributed by atoms with E-state index in [2.05, 4.69) is 30.5 Å². The van der Waals surface area contributed by atoms with Crippen molar-refractivity contribution in [3.63, 3.8) is 0 Å². The van der Waals surface area contributed by atoms with Crippen LogP contribution in [0.5, 0.6) is 0 Å². The molecule has 1 saturated heterocycles. The fourth-order valence-electron chi connectivity index (χ4n) is 3.76. The van der Waals surface area contributed by atoms with E-state index in [-0.39, 0.29) is 18.2 Å². The summed E-state index contributed by atoms with van der Waals surface area (Å²) in [7, 11) is 0. The number of rotatable bonds is 7. The Morgan fingerprint density at radius 2 is 1.88 bits per heavy atom. The minimum atomic E-state index is -0.230. The molecule has 2 amide bonds. The first kappa shape index (κ1) is 22.2. The first-order valence-electron chi connectivity index (χ1n) is 11.0. The van der Waals surface area contributed by atoms with Gasteiger partial charge < -0.3 is 15.0 Å². The zero-order valence-electron chi connectivity index (χ0n) is 18.4. The van der Waals surface area contributed by atoms with Gasteiger partial charge in [-0.1, -0.05) is 18.2 Å². The highest BCUT2D eigenvalue weighted by Gasteiger charge is 2.14. The number of benzene rings is 2. The van der Waals surface area contributed by atoms with Crippen LogP contribution in [-0.2, 0) is 22.5 Å². The molecule has 0 unspecified atom stereocenters. The standard InChI is InChI=1S/C24H24N6O3S/c31-22(13-18-15-34-24(26-18)29-23(32)16-4-2-1-3-5-16)25-17-6-7-19-20(12-17)28-21(27-19)14-30-8-10-33-11-9-30/h1-7,12,15H,8-11,13-14H2,(H,25,31)(H,27,28)(H,26,29,32). The molecule has 0 radical (unpaired) electrons. The number of carbonyl (C=O) groups is 2. The molecule has 0 aliphatic carbocycles.